The molecule has 0 aliphatic carbocycles. The molecule has 12 heteroatoms. The quantitative estimate of drug-likeness (QED) is 0.0197. The Hall–Kier alpha value is -2.56. The topological polar surface area (TPSA) is 155 Å². The van der Waals surface area contributed by atoms with Crippen molar-refractivity contribution in [2.24, 2.45) is 0 Å². The van der Waals surface area contributed by atoms with Crippen molar-refractivity contribution in [1.29, 1.82) is 0 Å². The van der Waals surface area contributed by atoms with E-state index in [0.29, 0.717) is 19.3 Å². The molecule has 0 heterocycles. The van der Waals surface area contributed by atoms with Crippen molar-refractivity contribution in [2.45, 2.75) is 367 Å². The van der Waals surface area contributed by atoms with E-state index in [9.17, 15) is 28.9 Å². The molecule has 3 unspecified atom stereocenters. The molecular weight excluding hydrogens is 1070 g/mol. The van der Waals surface area contributed by atoms with Gasteiger partial charge in [-0.1, -0.05) is 301 Å². The maximum absolute atomic E-state index is 13.0. The highest BCUT2D eigenvalue weighted by atomic mass is 31.2. The number of allylic oxidation sites excluding steroid dienone is 8. The molecule has 0 saturated heterocycles. The summed E-state index contributed by atoms with van der Waals surface area (Å²) in [6, 6.07) is 0. The summed E-state index contributed by atoms with van der Waals surface area (Å²) in [4.78, 5) is 48.9. The Morgan fingerprint density at radius 2 is 0.583 bits per heavy atom. The molecule has 0 saturated carbocycles. The highest BCUT2D eigenvalue weighted by Gasteiger charge is 2.28. The lowest BCUT2D eigenvalue weighted by Gasteiger charge is -2.21. The zero-order valence-corrected chi connectivity index (χ0v) is 55.8. The molecular formula is C72H133O11P. The molecule has 0 aliphatic rings. The normalized spacial score (nSPS) is 13.4. The first-order chi connectivity index (χ1) is 41.2. The maximum Gasteiger partial charge on any atom is 0.472 e. The minimum Gasteiger partial charge on any atom is -0.462 e. The Morgan fingerprint density at radius 1 is 0.333 bits per heavy atom. The molecule has 84 heavy (non-hydrogen) atoms. The predicted molar refractivity (Wildman–Crippen MR) is 353 cm³/mol. The van der Waals surface area contributed by atoms with Gasteiger partial charge in [0.2, 0.25) is 0 Å². The number of unbranched alkanes of at least 4 members (excludes halogenated alkanes) is 42. The van der Waals surface area contributed by atoms with Gasteiger partial charge in [-0.15, -0.1) is 0 Å². The van der Waals surface area contributed by atoms with E-state index in [-0.39, 0.29) is 25.9 Å². The van der Waals surface area contributed by atoms with Crippen molar-refractivity contribution in [3.8, 4) is 0 Å². The van der Waals surface area contributed by atoms with Crippen LogP contribution in [0.15, 0.2) is 48.6 Å². The van der Waals surface area contributed by atoms with Crippen LogP contribution in [-0.4, -0.2) is 66.5 Å². The third-order valence-corrected chi connectivity index (χ3v) is 16.7. The van der Waals surface area contributed by atoms with Crippen LogP contribution in [0.2, 0.25) is 0 Å². The fourth-order valence-corrected chi connectivity index (χ4v) is 11.1. The van der Waals surface area contributed by atoms with Gasteiger partial charge in [0.15, 0.2) is 6.10 Å². The van der Waals surface area contributed by atoms with Gasteiger partial charge in [-0.25, -0.2) is 4.57 Å². The number of aliphatic hydroxyl groups excluding tert-OH is 1. The second-order valence-corrected chi connectivity index (χ2v) is 25.5. The van der Waals surface area contributed by atoms with E-state index >= 15 is 0 Å². The van der Waals surface area contributed by atoms with E-state index in [4.69, 9.17) is 23.3 Å². The van der Waals surface area contributed by atoms with Crippen molar-refractivity contribution in [2.75, 3.05) is 26.4 Å². The van der Waals surface area contributed by atoms with E-state index in [2.05, 4.69) is 69.4 Å². The monoisotopic (exact) mass is 1200 g/mol. The average Bonchev–Trinajstić information content (AvgIpc) is 3.53. The Bertz CT molecular complexity index is 1600. The number of rotatable bonds is 67. The predicted octanol–water partition coefficient (Wildman–Crippen LogP) is 22.0. The Kier molecular flexibility index (Phi) is 64.4. The van der Waals surface area contributed by atoms with Gasteiger partial charge < -0.3 is 24.2 Å². The molecule has 0 fully saturated rings. The van der Waals surface area contributed by atoms with Crippen molar-refractivity contribution in [3.05, 3.63) is 48.6 Å². The van der Waals surface area contributed by atoms with Crippen LogP contribution in [-0.2, 0) is 42.2 Å². The van der Waals surface area contributed by atoms with Crippen LogP contribution in [0.25, 0.3) is 0 Å². The lowest BCUT2D eigenvalue weighted by Crippen LogP contribution is -2.30. The molecule has 2 N–H and O–H groups in total. The number of ether oxygens (including phenoxy) is 3. The fourth-order valence-electron chi connectivity index (χ4n) is 10.3. The van der Waals surface area contributed by atoms with Crippen molar-refractivity contribution in [1.82, 2.24) is 0 Å². The zero-order chi connectivity index (χ0) is 61.2. The van der Waals surface area contributed by atoms with Gasteiger partial charge in [-0.05, 0) is 83.5 Å². The van der Waals surface area contributed by atoms with Gasteiger partial charge in [0, 0.05) is 19.3 Å². The van der Waals surface area contributed by atoms with E-state index in [1.54, 1.807) is 0 Å². The van der Waals surface area contributed by atoms with Gasteiger partial charge in [0.1, 0.15) is 12.7 Å². The van der Waals surface area contributed by atoms with Crippen LogP contribution in [0.1, 0.15) is 355 Å². The van der Waals surface area contributed by atoms with Crippen molar-refractivity contribution >= 4 is 25.7 Å². The minimum absolute atomic E-state index is 0.155. The summed E-state index contributed by atoms with van der Waals surface area (Å²) in [5.41, 5.74) is 0. The summed E-state index contributed by atoms with van der Waals surface area (Å²) in [6.45, 7) is 4.69. The summed E-state index contributed by atoms with van der Waals surface area (Å²) in [5.74, 6) is -1.45. The first kappa shape index (κ1) is 81.4. The highest BCUT2D eigenvalue weighted by molar-refractivity contribution is 7.47. The van der Waals surface area contributed by atoms with Crippen LogP contribution in [0.3, 0.4) is 0 Å². The van der Waals surface area contributed by atoms with Gasteiger partial charge in [0.05, 0.1) is 19.8 Å². The van der Waals surface area contributed by atoms with E-state index < -0.39 is 57.8 Å². The summed E-state index contributed by atoms with van der Waals surface area (Å²) < 4.78 is 39.8. The summed E-state index contributed by atoms with van der Waals surface area (Å²) >= 11 is 0. The largest absolute Gasteiger partial charge is 0.472 e. The lowest BCUT2D eigenvalue weighted by atomic mass is 10.0. The molecule has 3 atom stereocenters. The average molecular weight is 1210 g/mol. The van der Waals surface area contributed by atoms with Crippen LogP contribution in [0.5, 0.6) is 0 Å². The first-order valence-electron chi connectivity index (χ1n) is 35.5. The maximum atomic E-state index is 13.0. The second-order valence-electron chi connectivity index (χ2n) is 24.1. The van der Waals surface area contributed by atoms with Gasteiger partial charge in [0.25, 0.3) is 0 Å². The van der Waals surface area contributed by atoms with Crippen LogP contribution in [0.4, 0.5) is 0 Å². The molecule has 0 rings (SSSR count). The molecule has 0 bridgehead atoms. The number of carbonyl (C=O) groups excluding carboxylic acids is 3. The Balaban J connectivity index is 4.66. The summed E-state index contributed by atoms with van der Waals surface area (Å²) in [7, 11) is -4.76. The van der Waals surface area contributed by atoms with Crippen molar-refractivity contribution in [3.63, 3.8) is 0 Å². The molecule has 0 aliphatic heterocycles. The number of aliphatic hydroxyl groups is 1. The smallest absolute Gasteiger partial charge is 0.462 e. The molecule has 0 aromatic rings. The van der Waals surface area contributed by atoms with Crippen LogP contribution < -0.4 is 0 Å². The van der Waals surface area contributed by atoms with Gasteiger partial charge >= 0.3 is 25.7 Å². The molecule has 0 spiro atoms. The Labute approximate surface area is 517 Å². The number of hydrogen-bond donors (Lipinski definition) is 2. The molecule has 11 nitrogen and oxygen atoms in total. The number of phosphoric acid groups is 1. The third-order valence-electron chi connectivity index (χ3n) is 15.7. The van der Waals surface area contributed by atoms with E-state index in [1.165, 1.54) is 205 Å². The molecule has 492 valence electrons. The Morgan fingerprint density at radius 3 is 0.929 bits per heavy atom. The number of phosphoric ester groups is 1. The summed E-state index contributed by atoms with van der Waals surface area (Å²) in [5, 5.41) is 9.89. The number of carbonyl (C=O) groups is 3. The molecule has 0 amide bonds. The third kappa shape index (κ3) is 63.9. The number of hydrogen-bond acceptors (Lipinski definition) is 10. The SMILES string of the molecule is CCCCC/C=C\C/C=C\C/C=C\CCCCCCCCC(=O)OC(COC(=O)CCCCCCCCCCC/C=C\CCCCCCCC)COP(=O)(O)OCC(CO)OC(=O)CCCCCCCCCCCCCCCCCCCCC. The van der Waals surface area contributed by atoms with Gasteiger partial charge in [-0.3, -0.25) is 23.4 Å². The first-order valence-corrected chi connectivity index (χ1v) is 37.0. The zero-order valence-electron chi connectivity index (χ0n) is 54.9. The highest BCUT2D eigenvalue weighted by Crippen LogP contribution is 2.43. The molecule has 0 radical (unpaired) electrons. The molecule has 0 aromatic heterocycles. The standard InChI is InChI=1S/C72H133O11P/c1-4-7-10-13-16-19-22-25-28-31-34-37-40-43-46-49-52-55-58-61-70(74)79-65-69(83-72(76)63-60-57-54-51-48-45-42-39-36-33-30-27-24-21-18-15-12-9-6-3)67-81-84(77,78)80-66-68(64-73)82-71(75)62-59-56-53-50-47-44-41-38-35-32-29-26-23-20-17-14-11-8-5-2/h18,21,25,27-28,30,36,39,68-69,73H,4-17,19-20,22-24,26,29,31-35,37-38,40-67H2,1-3H3,(H,77,78)/b21-18-,28-25-,30-27-,39-36-. The van der Waals surface area contributed by atoms with Crippen LogP contribution in [0, 0.1) is 0 Å². The second kappa shape index (κ2) is 66.4. The summed E-state index contributed by atoms with van der Waals surface area (Å²) in [6.07, 6.45) is 74.8. The number of esters is 3. The molecule has 0 aromatic carbocycles. The van der Waals surface area contributed by atoms with E-state index in [1.807, 2.05) is 0 Å². The minimum atomic E-state index is -4.76. The lowest BCUT2D eigenvalue weighted by molar-refractivity contribution is -0.161. The van der Waals surface area contributed by atoms with E-state index in [0.717, 1.165) is 89.9 Å². The van der Waals surface area contributed by atoms with Crippen molar-refractivity contribution < 1.29 is 52.2 Å². The fraction of sp³-hybridized carbons (Fsp3) is 0.847. The van der Waals surface area contributed by atoms with Crippen LogP contribution >= 0.6 is 7.82 Å². The van der Waals surface area contributed by atoms with Gasteiger partial charge in [-0.2, -0.15) is 0 Å².